The fourth-order valence-electron chi connectivity index (χ4n) is 5.79. The molecular formula is C26H52AlP. The van der Waals surface area contributed by atoms with Gasteiger partial charge in [-0.2, -0.15) is 0 Å². The molecule has 3 aliphatic carbocycles. The molecule has 0 nitrogen and oxygen atoms in total. The van der Waals surface area contributed by atoms with Crippen LogP contribution in [0.2, 0.25) is 10.6 Å². The molecular weight excluding hydrogens is 370 g/mol. The van der Waals surface area contributed by atoms with Crippen molar-refractivity contribution in [1.82, 2.24) is 0 Å². The summed E-state index contributed by atoms with van der Waals surface area (Å²) >= 11 is 0.755. The van der Waals surface area contributed by atoms with Crippen LogP contribution in [-0.2, 0) is 0 Å². The van der Waals surface area contributed by atoms with Gasteiger partial charge >= 0.3 is 65.3 Å². The van der Waals surface area contributed by atoms with E-state index in [1.807, 2.05) is 0 Å². The Kier molecular flexibility index (Phi) is 13.4. The second-order valence-electron chi connectivity index (χ2n) is 10.9. The Bertz CT molecular complexity index is 318. The molecule has 0 aromatic carbocycles. The normalized spacial score (nSPS) is 23.0. The molecule has 0 heterocycles. The van der Waals surface area contributed by atoms with Gasteiger partial charge in [-0.05, 0) is 55.5 Å². The van der Waals surface area contributed by atoms with Crippen LogP contribution in [0.3, 0.4) is 0 Å². The Morgan fingerprint density at radius 1 is 0.571 bits per heavy atom. The first-order valence-electron chi connectivity index (χ1n) is 13.2. The van der Waals surface area contributed by atoms with Gasteiger partial charge in [0.15, 0.2) is 0 Å². The maximum atomic E-state index is 2.31. The van der Waals surface area contributed by atoms with E-state index in [4.69, 9.17) is 0 Å². The molecule has 0 unspecified atom stereocenters. The summed E-state index contributed by atoms with van der Waals surface area (Å²) in [6, 6.07) is 0. The SMILES string of the molecule is C1CCC(P(C2CCCCC2)C2CCCCC2)CC1.CC(C)[CH2][Al+][CH2]C(C)C.[H-]. The summed E-state index contributed by atoms with van der Waals surface area (Å²) < 4.78 is 0. The molecule has 0 aliphatic heterocycles. The van der Waals surface area contributed by atoms with E-state index in [0.29, 0.717) is 7.92 Å². The van der Waals surface area contributed by atoms with Gasteiger partial charge in [0.1, 0.15) is 0 Å². The summed E-state index contributed by atoms with van der Waals surface area (Å²) in [5.41, 5.74) is 3.57. The van der Waals surface area contributed by atoms with E-state index in [1.54, 1.807) is 77.0 Å². The standard InChI is InChI=1S/C18H33P.2C4H9.Al.H/c1-4-10-16(11-5-1)19(17-12-6-2-7-13-17)18-14-8-3-9-15-18;2*1-4(2)3;;/h16-18H,1-15H2;2*4H,1H2,2-3H3;;/q;;;+1;-1. The van der Waals surface area contributed by atoms with Gasteiger partial charge in [0.05, 0.1) is 0 Å². The van der Waals surface area contributed by atoms with Crippen LogP contribution in [0.25, 0.3) is 0 Å². The molecule has 3 aliphatic rings. The van der Waals surface area contributed by atoms with Gasteiger partial charge in [0, 0.05) is 0 Å². The first-order chi connectivity index (χ1) is 13.6. The Labute approximate surface area is 187 Å². The van der Waals surface area contributed by atoms with Crippen LogP contribution in [0.4, 0.5) is 0 Å². The van der Waals surface area contributed by atoms with Crippen molar-refractivity contribution in [3.05, 3.63) is 0 Å². The van der Waals surface area contributed by atoms with Gasteiger partial charge < -0.3 is 1.43 Å². The van der Waals surface area contributed by atoms with Crippen molar-refractivity contribution in [3.8, 4) is 0 Å². The van der Waals surface area contributed by atoms with Gasteiger partial charge in [-0.25, -0.2) is 0 Å². The minimum Gasteiger partial charge on any atom is -1.00 e. The summed E-state index contributed by atoms with van der Waals surface area (Å²) in [6.45, 7) is 9.25. The third-order valence-electron chi connectivity index (χ3n) is 7.27. The molecule has 28 heavy (non-hydrogen) atoms. The molecule has 0 aromatic rings. The number of hydrogen-bond donors (Lipinski definition) is 0. The average molecular weight is 423 g/mol. The molecule has 3 fully saturated rings. The molecule has 2 heteroatoms. The zero-order valence-corrected chi connectivity index (χ0v) is 22.0. The molecule has 3 saturated carbocycles. The Morgan fingerprint density at radius 3 is 1.11 bits per heavy atom. The van der Waals surface area contributed by atoms with Crippen LogP contribution in [0.1, 0.15) is 125 Å². The van der Waals surface area contributed by atoms with E-state index >= 15 is 0 Å². The second-order valence-corrected chi connectivity index (χ2v) is 15.5. The predicted molar refractivity (Wildman–Crippen MR) is 134 cm³/mol. The molecule has 0 atom stereocenters. The minimum atomic E-state index is 0. The molecule has 0 radical (unpaired) electrons. The van der Waals surface area contributed by atoms with E-state index < -0.39 is 0 Å². The zero-order chi connectivity index (χ0) is 20.2. The average Bonchev–Trinajstić information content (AvgIpc) is 2.71. The van der Waals surface area contributed by atoms with E-state index in [1.165, 1.54) is 46.8 Å². The van der Waals surface area contributed by atoms with Crippen molar-refractivity contribution in [3.63, 3.8) is 0 Å². The molecule has 164 valence electrons. The van der Waals surface area contributed by atoms with Gasteiger partial charge in [0.2, 0.25) is 0 Å². The zero-order valence-electron chi connectivity index (χ0n) is 20.9. The van der Waals surface area contributed by atoms with Crippen LogP contribution in [-0.4, -0.2) is 32.2 Å². The van der Waals surface area contributed by atoms with Gasteiger partial charge in [-0.15, -0.1) is 0 Å². The molecule has 0 amide bonds. The van der Waals surface area contributed by atoms with Crippen molar-refractivity contribution in [2.75, 3.05) is 0 Å². The summed E-state index contributed by atoms with van der Waals surface area (Å²) in [5, 5.41) is 2.97. The summed E-state index contributed by atoms with van der Waals surface area (Å²) in [5.74, 6) is 1.86. The third kappa shape index (κ3) is 9.85. The van der Waals surface area contributed by atoms with Crippen LogP contribution < -0.4 is 0 Å². The fraction of sp³-hybridized carbons (Fsp3) is 1.00. The Hall–Kier alpha value is 0.962. The first kappa shape index (κ1) is 25.2. The van der Waals surface area contributed by atoms with Crippen LogP contribution in [0.5, 0.6) is 0 Å². The summed E-state index contributed by atoms with van der Waals surface area (Å²) in [4.78, 5) is 0. The van der Waals surface area contributed by atoms with E-state index in [9.17, 15) is 0 Å². The smallest absolute Gasteiger partial charge is 1.00 e. The maximum absolute atomic E-state index is 2.31. The van der Waals surface area contributed by atoms with Crippen LogP contribution in [0, 0.1) is 11.8 Å². The minimum absolute atomic E-state index is 0. The van der Waals surface area contributed by atoms with Gasteiger partial charge in [0.25, 0.3) is 0 Å². The maximum Gasteiger partial charge on any atom is -1.00 e. The molecule has 0 spiro atoms. The number of rotatable bonds is 7. The van der Waals surface area contributed by atoms with E-state index in [2.05, 4.69) is 27.7 Å². The van der Waals surface area contributed by atoms with Gasteiger partial charge in [-0.3, -0.25) is 0 Å². The molecule has 0 saturated heterocycles. The van der Waals surface area contributed by atoms with Crippen molar-refractivity contribution in [2.45, 2.75) is 152 Å². The van der Waals surface area contributed by atoms with Crippen molar-refractivity contribution in [2.24, 2.45) is 11.8 Å². The third-order valence-corrected chi connectivity index (χ3v) is 13.9. The molecule has 3 rings (SSSR count). The largest absolute Gasteiger partial charge is 1.00 e. The second kappa shape index (κ2) is 14.9. The summed E-state index contributed by atoms with van der Waals surface area (Å²) in [7, 11) is 0.385. The topological polar surface area (TPSA) is 0 Å². The quantitative estimate of drug-likeness (QED) is 0.283. The Morgan fingerprint density at radius 2 is 0.857 bits per heavy atom. The Balaban J connectivity index is 0.000000362. The summed E-state index contributed by atoms with van der Waals surface area (Å²) in [6.07, 6.45) is 23.6. The monoisotopic (exact) mass is 422 g/mol. The molecule has 0 bridgehead atoms. The molecule has 0 aromatic heterocycles. The van der Waals surface area contributed by atoms with Gasteiger partial charge in [-0.1, -0.05) is 65.7 Å². The van der Waals surface area contributed by atoms with Crippen molar-refractivity contribution in [1.29, 1.82) is 0 Å². The van der Waals surface area contributed by atoms with Crippen LogP contribution >= 0.6 is 7.92 Å². The van der Waals surface area contributed by atoms with E-state index in [0.717, 1.165) is 27.1 Å². The fourth-order valence-corrected chi connectivity index (χ4v) is 12.0. The van der Waals surface area contributed by atoms with E-state index in [-0.39, 0.29) is 1.43 Å². The molecule has 0 N–H and O–H groups in total. The predicted octanol–water partition coefficient (Wildman–Crippen LogP) is 9.42. The number of hydrogen-bond acceptors (Lipinski definition) is 0. The van der Waals surface area contributed by atoms with Crippen molar-refractivity contribution >= 4 is 23.1 Å². The van der Waals surface area contributed by atoms with Crippen LogP contribution in [0.15, 0.2) is 0 Å². The van der Waals surface area contributed by atoms with Crippen molar-refractivity contribution < 1.29 is 1.43 Å². The first-order valence-corrected chi connectivity index (χ1v) is 16.3.